The lowest BCUT2D eigenvalue weighted by Crippen LogP contribution is -2.63. The molecule has 252 valence electrons. The number of thioether (sulfide) groups is 1. The zero-order chi connectivity index (χ0) is 33.4. The number of amides is 1. The third-order valence-electron chi connectivity index (χ3n) is 8.24. The number of alkyl halides is 1. The minimum absolute atomic E-state index is 0.0124. The number of carbonyl (C=O) groups excluding carboxylic acids is 2. The lowest BCUT2D eigenvalue weighted by Gasteiger charge is -2.41. The van der Waals surface area contributed by atoms with Gasteiger partial charge in [0.25, 0.3) is 5.69 Å². The number of nitrogens with zero attached hydrogens (tertiary/aromatic N) is 2. The second kappa shape index (κ2) is 16.5. The molecule has 2 aromatic carbocycles. The van der Waals surface area contributed by atoms with Gasteiger partial charge in [0.1, 0.15) is 22.8 Å². The lowest BCUT2D eigenvalue weighted by atomic mass is 9.98. The SMILES string of the molecule is CC1(C)S[C@@H]2[C@@H](Br)C(=O)N2[C@H]1C(=O)OCc1ccc([N+](=O)[O-])cc1.CCCCCCCCS(=O)C(C)Cc1ccc2c(c1)OCO2. The second-order valence-corrected chi connectivity index (χ2v) is 17.0. The van der Waals surface area contributed by atoms with E-state index in [0.717, 1.165) is 30.1 Å². The third kappa shape index (κ3) is 9.03. The Labute approximate surface area is 286 Å². The van der Waals surface area contributed by atoms with E-state index in [1.807, 2.05) is 32.0 Å². The van der Waals surface area contributed by atoms with Crippen LogP contribution < -0.4 is 9.47 Å². The van der Waals surface area contributed by atoms with Crippen LogP contribution in [0.5, 0.6) is 11.5 Å². The van der Waals surface area contributed by atoms with Crippen LogP contribution in [-0.4, -0.2) is 64.7 Å². The highest BCUT2D eigenvalue weighted by molar-refractivity contribution is 9.10. The van der Waals surface area contributed by atoms with Gasteiger partial charge in [-0.2, -0.15) is 0 Å². The van der Waals surface area contributed by atoms with E-state index >= 15 is 0 Å². The number of hydrogen-bond donors (Lipinski definition) is 0. The first-order valence-corrected chi connectivity index (χ1v) is 18.9. The Morgan fingerprint density at radius 2 is 1.76 bits per heavy atom. The minimum atomic E-state index is -0.743. The van der Waals surface area contributed by atoms with Gasteiger partial charge in [0.05, 0.1) is 4.92 Å². The van der Waals surface area contributed by atoms with E-state index in [-0.39, 0.29) is 33.7 Å². The van der Waals surface area contributed by atoms with E-state index in [9.17, 15) is 23.9 Å². The first-order chi connectivity index (χ1) is 21.9. The largest absolute Gasteiger partial charge is 0.459 e. The Kier molecular flexibility index (Phi) is 12.9. The topological polar surface area (TPSA) is 125 Å². The van der Waals surface area contributed by atoms with Gasteiger partial charge in [-0.1, -0.05) is 67.9 Å². The lowest BCUT2D eigenvalue weighted by molar-refractivity contribution is -0.384. The van der Waals surface area contributed by atoms with Gasteiger partial charge in [-0.25, -0.2) is 4.79 Å². The van der Waals surface area contributed by atoms with Crippen LogP contribution in [0.15, 0.2) is 42.5 Å². The molecule has 5 rings (SSSR count). The molecule has 5 atom stereocenters. The molecule has 1 amide bonds. The quantitative estimate of drug-likeness (QED) is 0.0507. The van der Waals surface area contributed by atoms with Crippen LogP contribution in [0, 0.1) is 10.1 Å². The summed E-state index contributed by atoms with van der Waals surface area (Å²) in [6.07, 6.45) is 8.32. The Hall–Kier alpha value is -2.64. The van der Waals surface area contributed by atoms with Crippen LogP contribution in [0.3, 0.4) is 0 Å². The number of hydrogen-bond acceptors (Lipinski definition) is 9. The van der Waals surface area contributed by atoms with Gasteiger partial charge in [0.2, 0.25) is 12.7 Å². The molecular formula is C33H43BrN2O8S2. The van der Waals surface area contributed by atoms with Crippen molar-refractivity contribution >= 4 is 56.1 Å². The monoisotopic (exact) mass is 738 g/mol. The molecule has 3 aliphatic rings. The van der Waals surface area contributed by atoms with Gasteiger partial charge in [0.15, 0.2) is 11.5 Å². The molecule has 0 bridgehead atoms. The first kappa shape index (κ1) is 36.2. The van der Waals surface area contributed by atoms with Gasteiger partial charge < -0.3 is 19.1 Å². The molecule has 0 aromatic heterocycles. The van der Waals surface area contributed by atoms with Crippen molar-refractivity contribution in [2.75, 3.05) is 12.5 Å². The highest BCUT2D eigenvalue weighted by Crippen LogP contribution is 2.53. The Balaban J connectivity index is 0.000000210. The summed E-state index contributed by atoms with van der Waals surface area (Å²) in [6, 6.07) is 11.2. The maximum Gasteiger partial charge on any atom is 0.330 e. The van der Waals surface area contributed by atoms with Gasteiger partial charge in [-0.05, 0) is 62.1 Å². The predicted molar refractivity (Wildman–Crippen MR) is 184 cm³/mol. The normalized spacial score (nSPS) is 21.8. The van der Waals surface area contributed by atoms with E-state index in [2.05, 4.69) is 29.8 Å². The van der Waals surface area contributed by atoms with Crippen LogP contribution in [-0.2, 0) is 38.2 Å². The summed E-state index contributed by atoms with van der Waals surface area (Å²) in [5, 5.41) is 10.8. The Morgan fingerprint density at radius 1 is 1.11 bits per heavy atom. The smallest absolute Gasteiger partial charge is 0.330 e. The molecule has 0 radical (unpaired) electrons. The van der Waals surface area contributed by atoms with Gasteiger partial charge in [-0.15, -0.1) is 11.8 Å². The van der Waals surface area contributed by atoms with Crippen LogP contribution in [0.1, 0.15) is 77.3 Å². The Bertz CT molecular complexity index is 1410. The number of esters is 1. The first-order valence-electron chi connectivity index (χ1n) is 15.7. The molecule has 10 nitrogen and oxygen atoms in total. The molecule has 0 spiro atoms. The fraction of sp³-hybridized carbons (Fsp3) is 0.576. The van der Waals surface area contributed by atoms with Crippen LogP contribution in [0.4, 0.5) is 5.69 Å². The van der Waals surface area contributed by atoms with E-state index in [4.69, 9.17) is 14.2 Å². The van der Waals surface area contributed by atoms with Gasteiger partial charge >= 0.3 is 5.97 Å². The number of carbonyl (C=O) groups is 2. The van der Waals surface area contributed by atoms with Crippen molar-refractivity contribution in [3.63, 3.8) is 0 Å². The van der Waals surface area contributed by atoms with Crippen molar-refractivity contribution < 1.29 is 32.9 Å². The number of unbranched alkanes of at least 4 members (excludes halogenated alkanes) is 5. The third-order valence-corrected chi connectivity index (χ3v) is 12.8. The summed E-state index contributed by atoms with van der Waals surface area (Å²) < 4.78 is 28.0. The number of nitro benzene ring substituents is 1. The van der Waals surface area contributed by atoms with Gasteiger partial charge in [0, 0.05) is 38.7 Å². The van der Waals surface area contributed by atoms with Crippen molar-refractivity contribution in [3.05, 3.63) is 63.7 Å². The number of fused-ring (bicyclic) bond motifs is 2. The molecule has 3 aliphatic heterocycles. The average molecular weight is 740 g/mol. The van der Waals surface area contributed by atoms with Gasteiger partial charge in [-0.3, -0.25) is 19.1 Å². The fourth-order valence-electron chi connectivity index (χ4n) is 5.61. The van der Waals surface area contributed by atoms with E-state index < -0.39 is 32.5 Å². The minimum Gasteiger partial charge on any atom is -0.459 e. The van der Waals surface area contributed by atoms with Crippen molar-refractivity contribution in [1.29, 1.82) is 0 Å². The molecule has 13 heteroatoms. The van der Waals surface area contributed by atoms with Crippen molar-refractivity contribution in [2.45, 2.75) is 105 Å². The molecule has 2 fully saturated rings. The molecule has 2 saturated heterocycles. The van der Waals surface area contributed by atoms with E-state index in [1.165, 1.54) is 49.8 Å². The molecule has 0 N–H and O–H groups in total. The van der Waals surface area contributed by atoms with E-state index in [0.29, 0.717) is 12.4 Å². The van der Waals surface area contributed by atoms with Crippen LogP contribution in [0.2, 0.25) is 0 Å². The zero-order valence-electron chi connectivity index (χ0n) is 26.8. The molecule has 0 saturated carbocycles. The summed E-state index contributed by atoms with van der Waals surface area (Å²) in [7, 11) is -0.743. The van der Waals surface area contributed by atoms with Crippen LogP contribution >= 0.6 is 27.7 Å². The summed E-state index contributed by atoms with van der Waals surface area (Å²) in [5.74, 6) is 1.89. The predicted octanol–water partition coefficient (Wildman–Crippen LogP) is 6.92. The maximum absolute atomic E-state index is 12.5. The van der Waals surface area contributed by atoms with E-state index in [1.54, 1.807) is 28.8 Å². The average Bonchev–Trinajstić information content (AvgIpc) is 3.61. The molecule has 3 heterocycles. The molecule has 2 unspecified atom stereocenters. The molecule has 0 aliphatic carbocycles. The second-order valence-electron chi connectivity index (χ2n) is 12.2. The molecular weight excluding hydrogens is 696 g/mol. The molecule has 2 aromatic rings. The Morgan fingerprint density at radius 3 is 2.46 bits per heavy atom. The zero-order valence-corrected chi connectivity index (χ0v) is 30.0. The number of benzene rings is 2. The highest BCUT2D eigenvalue weighted by atomic mass is 79.9. The highest BCUT2D eigenvalue weighted by Gasteiger charge is 2.63. The summed E-state index contributed by atoms with van der Waals surface area (Å²) in [6.45, 7) is 8.46. The van der Waals surface area contributed by atoms with Crippen molar-refractivity contribution in [2.24, 2.45) is 0 Å². The summed E-state index contributed by atoms with van der Waals surface area (Å²) in [4.78, 5) is 36.0. The number of β-lactam (4-membered cyclic amide) rings is 1. The number of ether oxygens (including phenoxy) is 3. The number of non-ortho nitro benzene ring substituents is 1. The van der Waals surface area contributed by atoms with Crippen LogP contribution in [0.25, 0.3) is 0 Å². The standard InChI is InChI=1S/C18H28O3S.C15H15BrN2O5S/c1-3-4-5-6-7-8-11-22(19)15(2)12-16-9-10-17-18(13-16)21-14-20-17;1-15(2)11(17-12(19)10(16)13(17)24-15)14(20)23-7-8-3-5-9(6-4-8)18(21)22/h9-10,13,15H,3-8,11-12,14H2,1-2H3;3-6,10-11,13H,7H2,1-2H3/t;10-,11-,13+/m.0/s1. The summed E-state index contributed by atoms with van der Waals surface area (Å²) >= 11 is 4.91. The number of rotatable bonds is 14. The fourth-order valence-corrected chi connectivity index (χ4v) is 9.23. The maximum atomic E-state index is 12.5. The number of nitro groups is 1. The number of halogens is 1. The van der Waals surface area contributed by atoms with Crippen molar-refractivity contribution in [1.82, 2.24) is 4.90 Å². The summed E-state index contributed by atoms with van der Waals surface area (Å²) in [5.41, 5.74) is 1.81. The molecule has 46 heavy (non-hydrogen) atoms. The van der Waals surface area contributed by atoms with Crippen molar-refractivity contribution in [3.8, 4) is 11.5 Å².